The highest BCUT2D eigenvalue weighted by Gasteiger charge is 2.13. The number of hydrogen-bond acceptors (Lipinski definition) is 2. The second-order valence-electron chi connectivity index (χ2n) is 4.00. The Morgan fingerprint density at radius 3 is 2.53 bits per heavy atom. The van der Waals surface area contributed by atoms with Gasteiger partial charge in [0.05, 0.1) is 16.6 Å². The fourth-order valence-corrected chi connectivity index (χ4v) is 2.24. The van der Waals surface area contributed by atoms with Crippen molar-refractivity contribution in [3.63, 3.8) is 0 Å². The lowest BCUT2D eigenvalue weighted by molar-refractivity contribution is 0.608. The third-order valence-corrected chi connectivity index (χ3v) is 3.11. The first kappa shape index (κ1) is 11.8. The van der Waals surface area contributed by atoms with E-state index in [4.69, 9.17) is 12.6 Å². The third kappa shape index (κ3) is 1.88. The molecule has 0 N–H and O–H groups in total. The second kappa shape index (κ2) is 4.44. The Labute approximate surface area is 113 Å². The molecule has 3 aromatic rings. The first-order chi connectivity index (χ1) is 9.18. The van der Waals surface area contributed by atoms with Crippen molar-refractivity contribution in [2.75, 3.05) is 0 Å². The van der Waals surface area contributed by atoms with Crippen LogP contribution in [0, 0.1) is 5.82 Å². The summed E-state index contributed by atoms with van der Waals surface area (Å²) in [4.78, 5) is 16.6. The van der Waals surface area contributed by atoms with Crippen LogP contribution in [-0.2, 0) is 0 Å². The molecule has 0 saturated carbocycles. The molecule has 1 heterocycles. The van der Waals surface area contributed by atoms with Gasteiger partial charge in [-0.15, -0.1) is 0 Å². The normalized spacial score (nSPS) is 10.8. The summed E-state index contributed by atoms with van der Waals surface area (Å²) >= 11 is 5.09. The van der Waals surface area contributed by atoms with E-state index in [2.05, 4.69) is 4.98 Å². The lowest BCUT2D eigenvalue weighted by Crippen LogP contribution is -2.21. The molecular formula is C14H8FN2OS. The van der Waals surface area contributed by atoms with Gasteiger partial charge in [-0.2, -0.15) is 0 Å². The molecule has 0 spiro atoms. The SMILES string of the molecule is O=c1c2ccccc2nc([S])n1-c1ccccc1F. The van der Waals surface area contributed by atoms with Crippen molar-refractivity contribution in [1.82, 2.24) is 9.55 Å². The molecule has 0 amide bonds. The molecule has 0 saturated heterocycles. The minimum Gasteiger partial charge on any atom is -0.268 e. The zero-order valence-electron chi connectivity index (χ0n) is 9.71. The highest BCUT2D eigenvalue weighted by Crippen LogP contribution is 2.17. The van der Waals surface area contributed by atoms with Crippen molar-refractivity contribution in [3.05, 3.63) is 64.7 Å². The van der Waals surface area contributed by atoms with Crippen LogP contribution in [0.1, 0.15) is 0 Å². The van der Waals surface area contributed by atoms with E-state index >= 15 is 0 Å². The van der Waals surface area contributed by atoms with E-state index in [1.54, 1.807) is 36.4 Å². The van der Waals surface area contributed by atoms with Crippen molar-refractivity contribution < 1.29 is 4.39 Å². The Balaban J connectivity index is 2.43. The standard InChI is InChI=1S/C14H8FN2OS/c15-10-6-2-4-8-12(10)17-13(18)9-5-1-3-7-11(9)16-14(17)19/h1-8H. The molecule has 0 aliphatic heterocycles. The number of benzene rings is 2. The summed E-state index contributed by atoms with van der Waals surface area (Å²) in [6, 6.07) is 12.9. The molecular weight excluding hydrogens is 263 g/mol. The Bertz CT molecular complexity index is 829. The zero-order valence-corrected chi connectivity index (χ0v) is 10.5. The summed E-state index contributed by atoms with van der Waals surface area (Å²) in [5.41, 5.74) is 0.279. The van der Waals surface area contributed by atoms with Crippen LogP contribution in [-0.4, -0.2) is 9.55 Å². The van der Waals surface area contributed by atoms with Crippen LogP contribution in [0.3, 0.4) is 0 Å². The number of fused-ring (bicyclic) bond motifs is 1. The second-order valence-corrected chi connectivity index (χ2v) is 4.37. The lowest BCUT2D eigenvalue weighted by Gasteiger charge is -2.09. The maximum absolute atomic E-state index is 13.8. The van der Waals surface area contributed by atoms with E-state index in [0.29, 0.717) is 10.9 Å². The first-order valence-electron chi connectivity index (χ1n) is 5.62. The molecule has 0 bridgehead atoms. The molecule has 0 fully saturated rings. The molecule has 93 valence electrons. The van der Waals surface area contributed by atoms with Gasteiger partial charge in [0.25, 0.3) is 5.56 Å². The van der Waals surface area contributed by atoms with Gasteiger partial charge in [-0.05, 0) is 36.9 Å². The average Bonchev–Trinajstić information content (AvgIpc) is 2.41. The van der Waals surface area contributed by atoms with Crippen molar-refractivity contribution in [2.24, 2.45) is 0 Å². The van der Waals surface area contributed by atoms with Gasteiger partial charge in [-0.1, -0.05) is 24.3 Å². The molecule has 3 rings (SSSR count). The zero-order chi connectivity index (χ0) is 13.4. The molecule has 0 atom stereocenters. The van der Waals surface area contributed by atoms with Crippen LogP contribution >= 0.6 is 12.6 Å². The van der Waals surface area contributed by atoms with Crippen molar-refractivity contribution in [1.29, 1.82) is 0 Å². The van der Waals surface area contributed by atoms with Gasteiger partial charge >= 0.3 is 0 Å². The summed E-state index contributed by atoms with van der Waals surface area (Å²) < 4.78 is 14.9. The summed E-state index contributed by atoms with van der Waals surface area (Å²) in [6.45, 7) is 0. The number of halogens is 1. The first-order valence-corrected chi connectivity index (χ1v) is 6.03. The van der Waals surface area contributed by atoms with Gasteiger partial charge in [0, 0.05) is 0 Å². The summed E-state index contributed by atoms with van der Waals surface area (Å²) in [7, 11) is 0. The Kier molecular flexibility index (Phi) is 2.76. The van der Waals surface area contributed by atoms with E-state index < -0.39 is 5.82 Å². The molecule has 3 nitrogen and oxygen atoms in total. The van der Waals surface area contributed by atoms with E-state index in [0.717, 1.165) is 4.57 Å². The smallest absolute Gasteiger partial charge is 0.266 e. The van der Waals surface area contributed by atoms with Crippen LogP contribution < -0.4 is 5.56 Å². The molecule has 0 unspecified atom stereocenters. The fourth-order valence-electron chi connectivity index (χ4n) is 1.96. The van der Waals surface area contributed by atoms with E-state index in [-0.39, 0.29) is 16.4 Å². The van der Waals surface area contributed by atoms with Gasteiger partial charge < -0.3 is 0 Å². The van der Waals surface area contributed by atoms with E-state index in [9.17, 15) is 9.18 Å². The monoisotopic (exact) mass is 271 g/mol. The van der Waals surface area contributed by atoms with Crippen molar-refractivity contribution in [3.8, 4) is 5.69 Å². The van der Waals surface area contributed by atoms with E-state index in [1.165, 1.54) is 12.1 Å². The van der Waals surface area contributed by atoms with Crippen LogP contribution in [0.15, 0.2) is 58.5 Å². The maximum atomic E-state index is 13.8. The predicted molar refractivity (Wildman–Crippen MR) is 73.2 cm³/mol. The summed E-state index contributed by atoms with van der Waals surface area (Å²) in [6.07, 6.45) is 0. The molecule has 5 heteroatoms. The predicted octanol–water partition coefficient (Wildman–Crippen LogP) is 3.08. The topological polar surface area (TPSA) is 34.9 Å². The summed E-state index contributed by atoms with van der Waals surface area (Å²) in [5, 5.41) is 0.466. The summed E-state index contributed by atoms with van der Waals surface area (Å²) in [5.74, 6) is -0.507. The van der Waals surface area contributed by atoms with Crippen LogP contribution in [0.5, 0.6) is 0 Å². The molecule has 0 aliphatic carbocycles. The molecule has 1 aromatic heterocycles. The van der Waals surface area contributed by atoms with Gasteiger partial charge in [0.2, 0.25) is 5.16 Å². The van der Waals surface area contributed by atoms with Crippen molar-refractivity contribution >= 4 is 23.5 Å². The number of aromatic nitrogens is 2. The van der Waals surface area contributed by atoms with Gasteiger partial charge in [-0.25, -0.2) is 13.9 Å². The molecule has 2 aromatic carbocycles. The van der Waals surface area contributed by atoms with Crippen LogP contribution in [0.25, 0.3) is 16.6 Å². The number of hydrogen-bond donors (Lipinski definition) is 0. The number of rotatable bonds is 1. The fraction of sp³-hybridized carbons (Fsp3) is 0. The van der Waals surface area contributed by atoms with Crippen molar-refractivity contribution in [2.45, 2.75) is 5.16 Å². The van der Waals surface area contributed by atoms with Gasteiger partial charge in [-0.3, -0.25) is 4.79 Å². The maximum Gasteiger partial charge on any atom is 0.266 e. The minimum absolute atomic E-state index is 0.0498. The van der Waals surface area contributed by atoms with Gasteiger partial charge in [0.15, 0.2) is 0 Å². The molecule has 1 radical (unpaired) electrons. The van der Waals surface area contributed by atoms with Crippen LogP contribution in [0.2, 0.25) is 0 Å². The minimum atomic E-state index is -0.507. The number of para-hydroxylation sites is 2. The Morgan fingerprint density at radius 1 is 1.05 bits per heavy atom. The highest BCUT2D eigenvalue weighted by atomic mass is 32.1. The van der Waals surface area contributed by atoms with Gasteiger partial charge in [0.1, 0.15) is 5.82 Å². The molecule has 0 aliphatic rings. The number of nitrogens with zero attached hydrogens (tertiary/aromatic N) is 2. The van der Waals surface area contributed by atoms with E-state index in [1.807, 2.05) is 0 Å². The lowest BCUT2D eigenvalue weighted by atomic mass is 10.2. The quantitative estimate of drug-likeness (QED) is 0.637. The largest absolute Gasteiger partial charge is 0.268 e. The Morgan fingerprint density at radius 2 is 1.74 bits per heavy atom. The highest BCUT2D eigenvalue weighted by molar-refractivity contribution is 7.80. The van der Waals surface area contributed by atoms with Crippen LogP contribution in [0.4, 0.5) is 4.39 Å². The third-order valence-electron chi connectivity index (χ3n) is 2.84. The molecule has 19 heavy (non-hydrogen) atoms. The average molecular weight is 271 g/mol. The Hall–Kier alpha value is -2.27.